The normalized spacial score (nSPS) is 13.7. The second kappa shape index (κ2) is 28.0. The first-order chi connectivity index (χ1) is 39.3. The van der Waals surface area contributed by atoms with Crippen LogP contribution in [0.4, 0.5) is 39.0 Å². The smallest absolute Gasteiger partial charge is 0.276 e. The molecule has 0 spiro atoms. The molecule has 0 saturated carbocycles. The van der Waals surface area contributed by atoms with Crippen molar-refractivity contribution in [3.05, 3.63) is 249 Å². The van der Waals surface area contributed by atoms with Gasteiger partial charge < -0.3 is 19.4 Å². The van der Waals surface area contributed by atoms with E-state index in [0.29, 0.717) is 90.6 Å². The summed E-state index contributed by atoms with van der Waals surface area (Å²) < 4.78 is 76.1. The van der Waals surface area contributed by atoms with E-state index in [9.17, 15) is 41.1 Å². The second-order valence-electron chi connectivity index (χ2n) is 18.9. The maximum atomic E-state index is 13.7. The second-order valence-corrected chi connectivity index (χ2v) is 19.5. The molecule has 82 heavy (non-hydrogen) atoms. The van der Waals surface area contributed by atoms with Gasteiger partial charge in [0.2, 0.25) is 5.88 Å². The van der Waals surface area contributed by atoms with Crippen molar-refractivity contribution in [2.75, 3.05) is 34.3 Å². The summed E-state index contributed by atoms with van der Waals surface area (Å²) in [6, 6.07) is 45.7. The van der Waals surface area contributed by atoms with Gasteiger partial charge >= 0.3 is 0 Å². The molecule has 0 aliphatic carbocycles. The molecule has 0 bridgehead atoms. The molecule has 424 valence electrons. The van der Waals surface area contributed by atoms with Crippen LogP contribution >= 0.6 is 15.9 Å². The zero-order valence-electron chi connectivity index (χ0n) is 43.7. The number of nitrogens with zero attached hydrogens (tertiary/aromatic N) is 8. The summed E-state index contributed by atoms with van der Waals surface area (Å²) in [5, 5.41) is 12.1. The van der Waals surface area contributed by atoms with Crippen molar-refractivity contribution >= 4 is 50.7 Å². The van der Waals surface area contributed by atoms with Crippen molar-refractivity contribution in [3.63, 3.8) is 0 Å². The van der Waals surface area contributed by atoms with Crippen LogP contribution in [0.15, 0.2) is 175 Å². The van der Waals surface area contributed by atoms with Gasteiger partial charge in [0, 0.05) is 79.4 Å². The predicted molar refractivity (Wildman–Crippen MR) is 308 cm³/mol. The number of halogens is 6. The van der Waals surface area contributed by atoms with Gasteiger partial charge in [0.25, 0.3) is 23.3 Å². The molecule has 0 atom stereocenters. The molecule has 0 saturated heterocycles. The van der Waals surface area contributed by atoms with E-state index in [4.69, 9.17) is 4.74 Å². The Morgan fingerprint density at radius 1 is 0.476 bits per heavy atom. The molecule has 3 amide bonds. The van der Waals surface area contributed by atoms with Crippen molar-refractivity contribution in [1.82, 2.24) is 29.3 Å². The van der Waals surface area contributed by atoms with Gasteiger partial charge in [-0.15, -0.1) is 5.10 Å². The Kier molecular flexibility index (Phi) is 20.2. The average Bonchev–Trinajstić information content (AvgIpc) is 4.22. The number of carbonyl (C=O) groups is 3. The van der Waals surface area contributed by atoms with Crippen molar-refractivity contribution in [2.45, 2.75) is 71.1 Å². The number of aryl methyl sites for hydroxylation is 5. The Balaban J connectivity index is 0.000000150. The lowest BCUT2D eigenvalue weighted by molar-refractivity contribution is 0.0974. The first-order valence-electron chi connectivity index (χ1n) is 26.2. The van der Waals surface area contributed by atoms with Gasteiger partial charge in [0.1, 0.15) is 52.8 Å². The fourth-order valence-corrected chi connectivity index (χ4v) is 9.73. The highest BCUT2D eigenvalue weighted by atomic mass is 79.9. The summed E-state index contributed by atoms with van der Waals surface area (Å²) in [6.45, 7) is 3.53. The SMILES string of the molecule is C.Fc1ccccc1CBr.O=C1c2cc(=O)[nH]n2CCCN1c1ccc(F)cc1.O=C1c2cc(CCc3ccccc3)nn2CCCN1c1ccc(F)cc1.O=C1c2cc(OCc3ccccc3F)nn2CCCN1c1ccc(F)cc1. The van der Waals surface area contributed by atoms with Gasteiger partial charge in [-0.05, 0) is 134 Å². The molecule has 3 aliphatic heterocycles. The van der Waals surface area contributed by atoms with Crippen molar-refractivity contribution in [2.24, 2.45) is 0 Å². The zero-order chi connectivity index (χ0) is 56.8. The highest BCUT2D eigenvalue weighted by Gasteiger charge is 2.28. The maximum Gasteiger partial charge on any atom is 0.276 e. The van der Waals surface area contributed by atoms with Crippen LogP contribution in [0.3, 0.4) is 0 Å². The highest BCUT2D eigenvalue weighted by Crippen LogP contribution is 2.26. The molecule has 0 fully saturated rings. The lowest BCUT2D eigenvalue weighted by atomic mass is 10.1. The van der Waals surface area contributed by atoms with Crippen LogP contribution in [0.5, 0.6) is 5.88 Å². The molecule has 20 heteroatoms. The van der Waals surface area contributed by atoms with Crippen molar-refractivity contribution in [3.8, 4) is 5.88 Å². The number of carbonyl (C=O) groups excluding carboxylic acids is 3. The highest BCUT2D eigenvalue weighted by molar-refractivity contribution is 9.08. The molecule has 6 aromatic carbocycles. The van der Waals surface area contributed by atoms with Crippen LogP contribution in [-0.2, 0) is 44.4 Å². The molecule has 3 aliphatic rings. The van der Waals surface area contributed by atoms with Crippen molar-refractivity contribution in [1.29, 1.82) is 0 Å². The van der Waals surface area contributed by atoms with Crippen LogP contribution < -0.4 is 25.0 Å². The molecule has 9 aromatic rings. The largest absolute Gasteiger partial charge is 0.472 e. The third-order valence-corrected chi connectivity index (χ3v) is 14.0. The number of rotatable bonds is 10. The maximum absolute atomic E-state index is 13.7. The Hall–Kier alpha value is -8.91. The summed E-state index contributed by atoms with van der Waals surface area (Å²) in [4.78, 5) is 54.5. The molecule has 0 unspecified atom stereocenters. The van der Waals surface area contributed by atoms with Crippen molar-refractivity contribution < 1.29 is 41.1 Å². The number of hydrogen-bond acceptors (Lipinski definition) is 7. The zero-order valence-corrected chi connectivity index (χ0v) is 45.3. The summed E-state index contributed by atoms with van der Waals surface area (Å²) in [6.07, 6.45) is 3.93. The molecule has 0 radical (unpaired) electrons. The number of fused-ring (bicyclic) bond motifs is 3. The molecular weight excluding hydrogens is 1130 g/mol. The third kappa shape index (κ3) is 14.9. The quantitative estimate of drug-likeness (QED) is 0.106. The Labute approximate surface area is 479 Å². The Morgan fingerprint density at radius 2 is 0.927 bits per heavy atom. The molecule has 3 aromatic heterocycles. The minimum atomic E-state index is -0.352. The van der Waals surface area contributed by atoms with Gasteiger partial charge in [-0.1, -0.05) is 90.1 Å². The number of amides is 3. The van der Waals surface area contributed by atoms with Crippen LogP contribution in [0.25, 0.3) is 0 Å². The van der Waals surface area contributed by atoms with E-state index in [1.807, 2.05) is 35.0 Å². The standard InChI is InChI=1S/C21H20FN3O.C20H17F2N3O2.C13H12FN3O2.C7H6BrF.CH4/c22-17-8-11-19(12-9-17)24-13-4-14-25-20(21(24)26)15-18(23-25)10-7-16-5-2-1-3-6-16;21-15-6-8-16(9-7-15)24-10-3-11-25-18(20(24)26)12-19(23-25)27-13-14-4-1-2-5-17(14)22;14-9-2-4-10(5-3-9)16-6-1-7-17-11(13(16)19)8-12(18)15-17;8-5-6-3-1-2-4-7(6)9;/h1-3,5-6,8-9,11-12,15H,4,7,10,13-14H2;1-2,4-9,12H,3,10-11,13H2;2-5,8H,1,6-7H2,(H,15,18);1-4H,5H2;1H4. The number of hydrogen-bond donors (Lipinski definition) is 1. The fourth-order valence-electron chi connectivity index (χ4n) is 9.28. The van der Waals surface area contributed by atoms with Crippen LogP contribution in [0.2, 0.25) is 0 Å². The Bertz CT molecular complexity index is 3650. The van der Waals surface area contributed by atoms with Crippen LogP contribution in [0, 0.1) is 29.1 Å². The van der Waals surface area contributed by atoms with Gasteiger partial charge in [-0.25, -0.2) is 22.0 Å². The number of alkyl halides is 1. The summed E-state index contributed by atoms with van der Waals surface area (Å²) in [5.41, 5.74) is 6.34. The minimum absolute atomic E-state index is 0. The fraction of sp³-hybridized carbons (Fsp3) is 0.226. The summed E-state index contributed by atoms with van der Waals surface area (Å²) in [7, 11) is 0. The van der Waals surface area contributed by atoms with E-state index in [1.54, 1.807) is 96.9 Å². The van der Waals surface area contributed by atoms with Crippen LogP contribution in [0.1, 0.15) is 80.5 Å². The third-order valence-electron chi connectivity index (χ3n) is 13.4. The number of anilines is 3. The number of H-pyrrole nitrogens is 1. The van der Waals surface area contributed by atoms with E-state index in [2.05, 4.69) is 43.4 Å². The topological polar surface area (TPSA) is 144 Å². The molecular formula is C62H59BrF5N9O5. The lowest BCUT2D eigenvalue weighted by Crippen LogP contribution is -2.31. The number of benzene rings is 6. The van der Waals surface area contributed by atoms with E-state index < -0.39 is 0 Å². The van der Waals surface area contributed by atoms with Gasteiger partial charge in [-0.3, -0.25) is 38.3 Å². The molecule has 12 rings (SSSR count). The van der Waals surface area contributed by atoms with E-state index in [-0.39, 0.29) is 72.3 Å². The predicted octanol–water partition coefficient (Wildman–Crippen LogP) is 12.4. The van der Waals surface area contributed by atoms with Gasteiger partial charge in [-0.2, -0.15) is 5.10 Å². The summed E-state index contributed by atoms with van der Waals surface area (Å²) in [5.74, 6) is -1.78. The first kappa shape index (κ1) is 59.2. The van der Waals surface area contributed by atoms with Gasteiger partial charge in [0.05, 0.1) is 5.69 Å². The minimum Gasteiger partial charge on any atom is -0.472 e. The Morgan fingerprint density at radius 3 is 1.43 bits per heavy atom. The molecule has 6 heterocycles. The average molecular weight is 1190 g/mol. The molecule has 1 N–H and O–H groups in total. The lowest BCUT2D eigenvalue weighted by Gasteiger charge is -2.20. The summed E-state index contributed by atoms with van der Waals surface area (Å²) >= 11 is 3.17. The van der Waals surface area contributed by atoms with E-state index in [1.165, 1.54) is 60.2 Å². The van der Waals surface area contributed by atoms with E-state index in [0.717, 1.165) is 37.1 Å². The number of nitrogens with one attached hydrogen (secondary N) is 1. The monoisotopic (exact) mass is 1180 g/mol. The first-order valence-corrected chi connectivity index (χ1v) is 27.3. The number of ether oxygens (including phenoxy) is 1. The number of aromatic amines is 1. The van der Waals surface area contributed by atoms with Crippen LogP contribution in [-0.4, -0.2) is 66.7 Å². The number of aromatic nitrogens is 6. The molecule has 14 nitrogen and oxygen atoms in total. The van der Waals surface area contributed by atoms with Gasteiger partial charge in [0.15, 0.2) is 0 Å². The van der Waals surface area contributed by atoms with E-state index >= 15 is 0 Å².